The Balaban J connectivity index is 1.52. The van der Waals surface area contributed by atoms with Crippen molar-refractivity contribution in [2.24, 2.45) is 0 Å². The summed E-state index contributed by atoms with van der Waals surface area (Å²) in [6, 6.07) is 7.81. The molecule has 0 saturated carbocycles. The van der Waals surface area contributed by atoms with Crippen LogP contribution in [0.25, 0.3) is 10.9 Å². The van der Waals surface area contributed by atoms with E-state index in [0.29, 0.717) is 38.2 Å². The fourth-order valence-electron chi connectivity index (χ4n) is 3.44. The molecule has 0 unspecified atom stereocenters. The predicted molar refractivity (Wildman–Crippen MR) is 103 cm³/mol. The minimum absolute atomic E-state index is 0.0524. The number of aromatic nitrogens is 3. The standard InChI is InChI=1S/C19H19BrN4O3/c1-27-16(25)7-6-12-10-21-15-11-23(8-9-24(12)15)19(26)18-17(20)13-4-2-3-5-14(13)22-18/h2-5,10,22H,6-9,11H2,1H3. The molecule has 8 heteroatoms. The number of fused-ring (bicyclic) bond motifs is 2. The highest BCUT2D eigenvalue weighted by molar-refractivity contribution is 9.10. The van der Waals surface area contributed by atoms with Crippen LogP contribution in [-0.2, 0) is 29.0 Å². The fraction of sp³-hybridized carbons (Fsp3) is 0.316. The monoisotopic (exact) mass is 430 g/mol. The molecule has 3 aromatic rings. The van der Waals surface area contributed by atoms with Crippen LogP contribution >= 0.6 is 15.9 Å². The normalized spacial score (nSPS) is 13.6. The number of para-hydroxylation sites is 1. The van der Waals surface area contributed by atoms with Crippen LogP contribution in [0, 0.1) is 0 Å². The van der Waals surface area contributed by atoms with Gasteiger partial charge in [-0.05, 0) is 28.4 Å². The van der Waals surface area contributed by atoms with Crippen molar-refractivity contribution in [1.29, 1.82) is 0 Å². The lowest BCUT2D eigenvalue weighted by atomic mass is 10.2. The van der Waals surface area contributed by atoms with Crippen molar-refractivity contribution in [3.63, 3.8) is 0 Å². The number of halogens is 1. The van der Waals surface area contributed by atoms with Gasteiger partial charge in [0.25, 0.3) is 5.91 Å². The Kier molecular flexibility index (Phi) is 4.73. The number of aromatic amines is 1. The van der Waals surface area contributed by atoms with Crippen molar-refractivity contribution < 1.29 is 14.3 Å². The molecule has 0 spiro atoms. The zero-order valence-corrected chi connectivity index (χ0v) is 16.5. The van der Waals surface area contributed by atoms with Crippen LogP contribution in [0.5, 0.6) is 0 Å². The molecule has 0 aliphatic carbocycles. The maximum atomic E-state index is 13.0. The molecule has 140 valence electrons. The molecule has 2 aromatic heterocycles. The molecule has 1 aromatic carbocycles. The number of rotatable bonds is 4. The average molecular weight is 431 g/mol. The van der Waals surface area contributed by atoms with Crippen LogP contribution in [0.2, 0.25) is 0 Å². The molecule has 1 aliphatic rings. The Labute approximate surface area is 164 Å². The highest BCUT2D eigenvalue weighted by atomic mass is 79.9. The molecule has 1 amide bonds. The molecule has 0 atom stereocenters. The first-order valence-electron chi connectivity index (χ1n) is 8.74. The van der Waals surface area contributed by atoms with Gasteiger partial charge >= 0.3 is 5.97 Å². The number of esters is 1. The number of nitrogens with one attached hydrogen (secondary N) is 1. The van der Waals surface area contributed by atoms with E-state index in [-0.39, 0.29) is 11.9 Å². The summed E-state index contributed by atoms with van der Waals surface area (Å²) < 4.78 is 7.57. The second kappa shape index (κ2) is 7.19. The Hall–Kier alpha value is -2.61. The second-order valence-corrected chi connectivity index (χ2v) is 7.27. The Bertz CT molecular complexity index is 1020. The first-order chi connectivity index (χ1) is 13.1. The van der Waals surface area contributed by atoms with Gasteiger partial charge in [0.15, 0.2) is 0 Å². The quantitative estimate of drug-likeness (QED) is 0.645. The van der Waals surface area contributed by atoms with E-state index in [2.05, 4.69) is 30.5 Å². The van der Waals surface area contributed by atoms with Gasteiger partial charge in [-0.25, -0.2) is 4.98 Å². The van der Waals surface area contributed by atoms with Gasteiger partial charge in [0.2, 0.25) is 0 Å². The number of hydrogen-bond donors (Lipinski definition) is 1. The summed E-state index contributed by atoms with van der Waals surface area (Å²) in [6.07, 6.45) is 2.69. The summed E-state index contributed by atoms with van der Waals surface area (Å²) in [5, 5.41) is 0.990. The van der Waals surface area contributed by atoms with Crippen LogP contribution in [0.1, 0.15) is 28.4 Å². The Morgan fingerprint density at radius 3 is 2.89 bits per heavy atom. The van der Waals surface area contributed by atoms with Gasteiger partial charge in [0.1, 0.15) is 11.5 Å². The number of H-pyrrole nitrogens is 1. The minimum atomic E-state index is -0.234. The van der Waals surface area contributed by atoms with Crippen molar-refractivity contribution in [1.82, 2.24) is 19.4 Å². The van der Waals surface area contributed by atoms with E-state index in [1.165, 1.54) is 7.11 Å². The summed E-state index contributed by atoms with van der Waals surface area (Å²) in [7, 11) is 1.39. The molecule has 1 aliphatic heterocycles. The van der Waals surface area contributed by atoms with E-state index < -0.39 is 0 Å². The highest BCUT2D eigenvalue weighted by Crippen LogP contribution is 2.29. The van der Waals surface area contributed by atoms with Gasteiger partial charge in [-0.15, -0.1) is 0 Å². The van der Waals surface area contributed by atoms with Gasteiger partial charge in [-0.2, -0.15) is 0 Å². The zero-order valence-electron chi connectivity index (χ0n) is 14.9. The van der Waals surface area contributed by atoms with Gasteiger partial charge < -0.3 is 19.2 Å². The summed E-state index contributed by atoms with van der Waals surface area (Å²) >= 11 is 3.55. The average Bonchev–Trinajstić information content (AvgIpc) is 3.26. The molecule has 0 bridgehead atoms. The molecule has 1 N–H and O–H groups in total. The van der Waals surface area contributed by atoms with Crippen LogP contribution in [0.3, 0.4) is 0 Å². The van der Waals surface area contributed by atoms with Crippen molar-refractivity contribution in [3.05, 3.63) is 52.1 Å². The smallest absolute Gasteiger partial charge is 0.305 e. The Morgan fingerprint density at radius 1 is 1.30 bits per heavy atom. The third-order valence-corrected chi connectivity index (χ3v) is 5.73. The largest absolute Gasteiger partial charge is 0.469 e. The molecule has 0 saturated heterocycles. The number of aryl methyl sites for hydroxylation is 1. The first kappa shape index (κ1) is 17.8. The summed E-state index contributed by atoms with van der Waals surface area (Å²) in [6.45, 7) is 1.70. The van der Waals surface area contributed by atoms with E-state index >= 15 is 0 Å². The summed E-state index contributed by atoms with van der Waals surface area (Å²) in [4.78, 5) is 33.8. The lowest BCUT2D eigenvalue weighted by molar-refractivity contribution is -0.140. The van der Waals surface area contributed by atoms with Crippen LogP contribution in [0.4, 0.5) is 0 Å². The van der Waals surface area contributed by atoms with E-state index in [1.807, 2.05) is 24.3 Å². The van der Waals surface area contributed by atoms with Gasteiger partial charge in [-0.3, -0.25) is 9.59 Å². The van der Waals surface area contributed by atoms with E-state index in [4.69, 9.17) is 4.74 Å². The third kappa shape index (κ3) is 3.25. The zero-order chi connectivity index (χ0) is 19.0. The van der Waals surface area contributed by atoms with Crippen LogP contribution in [-0.4, -0.2) is 45.0 Å². The van der Waals surface area contributed by atoms with Gasteiger partial charge in [-0.1, -0.05) is 18.2 Å². The lowest BCUT2D eigenvalue weighted by Crippen LogP contribution is -2.39. The number of benzene rings is 1. The number of carbonyl (C=O) groups excluding carboxylic acids is 2. The van der Waals surface area contributed by atoms with Crippen molar-refractivity contribution in [2.75, 3.05) is 13.7 Å². The Morgan fingerprint density at radius 2 is 2.11 bits per heavy atom. The molecule has 3 heterocycles. The summed E-state index contributed by atoms with van der Waals surface area (Å²) in [5.41, 5.74) is 2.48. The number of ether oxygens (including phenoxy) is 1. The predicted octanol–water partition coefficient (Wildman–Crippen LogP) is 2.89. The number of imidazole rings is 1. The highest BCUT2D eigenvalue weighted by Gasteiger charge is 2.27. The third-order valence-electron chi connectivity index (χ3n) is 4.90. The SMILES string of the molecule is COC(=O)CCc1cnc2n1CCN(C(=O)c1[nH]c3ccccc3c1Br)C2. The van der Waals surface area contributed by atoms with Crippen LogP contribution < -0.4 is 0 Å². The maximum absolute atomic E-state index is 13.0. The van der Waals surface area contributed by atoms with Crippen LogP contribution in [0.15, 0.2) is 34.9 Å². The van der Waals surface area contributed by atoms with Crippen molar-refractivity contribution in [2.45, 2.75) is 25.9 Å². The second-order valence-electron chi connectivity index (χ2n) is 6.48. The lowest BCUT2D eigenvalue weighted by Gasteiger charge is -2.28. The van der Waals surface area contributed by atoms with E-state index in [0.717, 1.165) is 26.9 Å². The molecule has 4 rings (SSSR count). The minimum Gasteiger partial charge on any atom is -0.469 e. The number of hydrogen-bond acceptors (Lipinski definition) is 4. The first-order valence-corrected chi connectivity index (χ1v) is 9.53. The molecular weight excluding hydrogens is 412 g/mol. The number of nitrogens with zero attached hydrogens (tertiary/aromatic N) is 3. The van der Waals surface area contributed by atoms with Crippen molar-refractivity contribution >= 4 is 38.7 Å². The molecule has 7 nitrogen and oxygen atoms in total. The van der Waals surface area contributed by atoms with E-state index in [9.17, 15) is 9.59 Å². The van der Waals surface area contributed by atoms with Gasteiger partial charge in [0, 0.05) is 35.9 Å². The molecule has 0 radical (unpaired) electrons. The van der Waals surface area contributed by atoms with E-state index in [1.54, 1.807) is 11.1 Å². The summed E-state index contributed by atoms with van der Waals surface area (Å²) in [5.74, 6) is 0.548. The number of carbonyl (C=O) groups is 2. The fourth-order valence-corrected chi connectivity index (χ4v) is 4.06. The number of amides is 1. The maximum Gasteiger partial charge on any atom is 0.305 e. The molecule has 27 heavy (non-hydrogen) atoms. The van der Waals surface area contributed by atoms with Crippen molar-refractivity contribution in [3.8, 4) is 0 Å². The molecule has 0 fully saturated rings. The topological polar surface area (TPSA) is 80.2 Å². The van der Waals surface area contributed by atoms with Gasteiger partial charge in [0.05, 0.1) is 24.5 Å². The molecular formula is C19H19BrN4O3. The number of methoxy groups -OCH3 is 1.